The van der Waals surface area contributed by atoms with Gasteiger partial charge in [0.2, 0.25) is 5.91 Å². The predicted octanol–water partition coefficient (Wildman–Crippen LogP) is 5.83. The van der Waals surface area contributed by atoms with Crippen molar-refractivity contribution in [1.82, 2.24) is 15.2 Å². The van der Waals surface area contributed by atoms with Gasteiger partial charge in [0.1, 0.15) is 23.1 Å². The molecule has 1 aromatic heterocycles. The van der Waals surface area contributed by atoms with Crippen molar-refractivity contribution in [3.63, 3.8) is 0 Å². The van der Waals surface area contributed by atoms with Gasteiger partial charge in [-0.3, -0.25) is 9.59 Å². The van der Waals surface area contributed by atoms with Crippen molar-refractivity contribution >= 4 is 23.2 Å². The van der Waals surface area contributed by atoms with Gasteiger partial charge in [-0.25, -0.2) is 4.98 Å². The van der Waals surface area contributed by atoms with Gasteiger partial charge in [-0.15, -0.1) is 11.3 Å². The molecule has 1 unspecified atom stereocenters. The van der Waals surface area contributed by atoms with Crippen molar-refractivity contribution in [2.45, 2.75) is 65.0 Å². The number of benzene rings is 2. The Kier molecular flexibility index (Phi) is 7.89. The Bertz CT molecular complexity index is 1250. The molecule has 194 valence electrons. The summed E-state index contributed by atoms with van der Waals surface area (Å²) in [5.41, 5.74) is 5.17. The van der Waals surface area contributed by atoms with Crippen LogP contribution in [0.15, 0.2) is 47.8 Å². The number of nitrogens with one attached hydrogen (secondary N) is 1. The summed E-state index contributed by atoms with van der Waals surface area (Å²) in [7, 11) is 0. The van der Waals surface area contributed by atoms with E-state index in [1.165, 1.54) is 22.5 Å². The lowest BCUT2D eigenvalue weighted by Crippen LogP contribution is -2.43. The van der Waals surface area contributed by atoms with Crippen molar-refractivity contribution in [1.29, 1.82) is 0 Å². The second kappa shape index (κ2) is 11.5. The van der Waals surface area contributed by atoms with E-state index in [2.05, 4.69) is 58.5 Å². The number of hydrogen-bond donors (Lipinski definition) is 1. The molecule has 37 heavy (non-hydrogen) atoms. The van der Waals surface area contributed by atoms with E-state index in [9.17, 15) is 9.59 Å². The monoisotopic (exact) mass is 517 g/mol. The number of aryl methyl sites for hydroxylation is 1. The first-order valence-electron chi connectivity index (χ1n) is 13.4. The Balaban J connectivity index is 1.38. The molecule has 1 fully saturated rings. The van der Waals surface area contributed by atoms with Crippen molar-refractivity contribution in [3.8, 4) is 5.75 Å². The molecule has 0 bridgehead atoms. The van der Waals surface area contributed by atoms with E-state index in [0.717, 1.165) is 67.0 Å². The van der Waals surface area contributed by atoms with Crippen molar-refractivity contribution < 1.29 is 14.3 Å². The number of ether oxygens (including phenoxy) is 1. The van der Waals surface area contributed by atoms with Crippen LogP contribution in [0.3, 0.4) is 0 Å². The molecule has 5 rings (SSSR count). The minimum atomic E-state index is -0.147. The van der Waals surface area contributed by atoms with Crippen LogP contribution in [0.1, 0.15) is 82.8 Å². The third-order valence-corrected chi connectivity index (χ3v) is 8.23. The molecule has 2 heterocycles. The topological polar surface area (TPSA) is 71.5 Å². The van der Waals surface area contributed by atoms with Gasteiger partial charge in [0.05, 0.1) is 6.04 Å². The van der Waals surface area contributed by atoms with Crippen LogP contribution in [0.4, 0.5) is 0 Å². The van der Waals surface area contributed by atoms with Crippen LogP contribution in [0.25, 0.3) is 0 Å². The maximum Gasteiger partial charge on any atom is 0.270 e. The maximum atomic E-state index is 13.6. The highest BCUT2D eigenvalue weighted by molar-refractivity contribution is 7.09. The molecule has 0 radical (unpaired) electrons. The van der Waals surface area contributed by atoms with Crippen LogP contribution in [0.5, 0.6) is 5.75 Å². The van der Waals surface area contributed by atoms with Crippen LogP contribution in [-0.4, -0.2) is 34.8 Å². The van der Waals surface area contributed by atoms with Crippen LogP contribution in [0, 0.1) is 12.8 Å². The Morgan fingerprint density at radius 2 is 1.92 bits per heavy atom. The van der Waals surface area contributed by atoms with Crippen molar-refractivity contribution in [2.75, 3.05) is 13.1 Å². The molecule has 1 atom stereocenters. The van der Waals surface area contributed by atoms with Crippen LogP contribution >= 0.6 is 11.3 Å². The number of aromatic nitrogens is 1. The molecule has 2 aromatic carbocycles. The molecule has 6 nitrogen and oxygen atoms in total. The number of rotatable bonds is 8. The second-order valence-electron chi connectivity index (χ2n) is 10.1. The molecule has 0 saturated heterocycles. The average molecular weight is 518 g/mol. The zero-order valence-electron chi connectivity index (χ0n) is 21.7. The van der Waals surface area contributed by atoms with Gasteiger partial charge in [-0.2, -0.15) is 0 Å². The number of carbonyl (C=O) groups is 2. The third-order valence-electron chi connectivity index (χ3n) is 7.41. The number of hydrogen-bond acceptors (Lipinski definition) is 5. The van der Waals surface area contributed by atoms with Gasteiger partial charge in [0.15, 0.2) is 0 Å². The summed E-state index contributed by atoms with van der Waals surface area (Å²) in [5.74, 6) is 1.03. The third kappa shape index (κ3) is 5.72. The van der Waals surface area contributed by atoms with Crippen LogP contribution in [-0.2, 0) is 17.8 Å². The Morgan fingerprint density at radius 1 is 1.14 bits per heavy atom. The fraction of sp³-hybridized carbons (Fsp3) is 0.433. The summed E-state index contributed by atoms with van der Waals surface area (Å²) >= 11 is 1.43. The highest BCUT2D eigenvalue weighted by Gasteiger charge is 2.36. The largest absolute Gasteiger partial charge is 0.486 e. The second-order valence-corrected chi connectivity index (χ2v) is 11.1. The predicted molar refractivity (Wildman–Crippen MR) is 146 cm³/mol. The van der Waals surface area contributed by atoms with Crippen LogP contribution in [0.2, 0.25) is 0 Å². The molecular formula is C30H35N3O3S. The molecule has 3 aromatic rings. The molecule has 1 aliphatic carbocycles. The fourth-order valence-electron chi connectivity index (χ4n) is 5.39. The van der Waals surface area contributed by atoms with E-state index >= 15 is 0 Å². The minimum Gasteiger partial charge on any atom is -0.486 e. The molecule has 1 N–H and O–H groups in total. The normalized spacial score (nSPS) is 17.5. The van der Waals surface area contributed by atoms with E-state index in [4.69, 9.17) is 4.74 Å². The van der Waals surface area contributed by atoms with Crippen molar-refractivity contribution in [2.24, 2.45) is 5.92 Å². The molecule has 1 saturated carbocycles. The summed E-state index contributed by atoms with van der Waals surface area (Å²) in [4.78, 5) is 32.4. The van der Waals surface area contributed by atoms with Gasteiger partial charge in [-0.05, 0) is 61.4 Å². The molecule has 2 aliphatic rings. The zero-order valence-corrected chi connectivity index (χ0v) is 22.5. The number of carbonyl (C=O) groups excluding carboxylic acids is 2. The number of amides is 2. The van der Waals surface area contributed by atoms with E-state index in [1.54, 1.807) is 5.38 Å². The van der Waals surface area contributed by atoms with Gasteiger partial charge in [-0.1, -0.05) is 55.7 Å². The SMILES string of the molecule is CCCNC(=O)c1csc(COc2ccc3c(c2)C(c2ccc(C)cc2)N(C(=O)C2CCCC2)CC3)n1. The Hall–Kier alpha value is -3.19. The highest BCUT2D eigenvalue weighted by atomic mass is 32.1. The lowest BCUT2D eigenvalue weighted by atomic mass is 9.86. The minimum absolute atomic E-state index is 0.116. The zero-order chi connectivity index (χ0) is 25.8. The number of fused-ring (bicyclic) bond motifs is 1. The van der Waals surface area contributed by atoms with Gasteiger partial charge < -0.3 is 15.0 Å². The summed E-state index contributed by atoms with van der Waals surface area (Å²) in [5, 5.41) is 5.39. The summed E-state index contributed by atoms with van der Waals surface area (Å²) in [6.45, 7) is 5.78. The molecular weight excluding hydrogens is 482 g/mol. The van der Waals surface area contributed by atoms with E-state index in [-0.39, 0.29) is 23.8 Å². The fourth-order valence-corrected chi connectivity index (χ4v) is 6.08. The van der Waals surface area contributed by atoms with Gasteiger partial charge in [0, 0.05) is 24.4 Å². The molecule has 0 spiro atoms. The lowest BCUT2D eigenvalue weighted by molar-refractivity contribution is -0.137. The lowest BCUT2D eigenvalue weighted by Gasteiger charge is -2.39. The first-order valence-corrected chi connectivity index (χ1v) is 14.3. The summed E-state index contributed by atoms with van der Waals surface area (Å²) < 4.78 is 6.14. The van der Waals surface area contributed by atoms with E-state index in [0.29, 0.717) is 18.8 Å². The molecule has 1 aliphatic heterocycles. The van der Waals surface area contributed by atoms with E-state index < -0.39 is 0 Å². The Morgan fingerprint density at radius 3 is 2.68 bits per heavy atom. The average Bonchev–Trinajstić information content (AvgIpc) is 3.63. The summed E-state index contributed by atoms with van der Waals surface area (Å²) in [6, 6.07) is 14.7. The maximum absolute atomic E-state index is 13.6. The quantitative estimate of drug-likeness (QED) is 0.408. The standard InChI is InChI=1S/C30H35N3O3S/c1-3-15-31-29(34)26-19-37-27(32-26)18-36-24-13-12-21-14-16-33(30(35)23-6-4-5-7-23)28(25(21)17-24)22-10-8-20(2)9-11-22/h8-13,17,19,23,28H,3-7,14-16,18H2,1-2H3,(H,31,34). The molecule has 2 amide bonds. The van der Waals surface area contributed by atoms with Crippen molar-refractivity contribution in [3.05, 3.63) is 80.8 Å². The summed E-state index contributed by atoms with van der Waals surface area (Å²) in [6.07, 6.45) is 6.02. The number of thiazole rings is 1. The number of nitrogens with zero attached hydrogens (tertiary/aromatic N) is 2. The van der Waals surface area contributed by atoms with Crippen LogP contribution < -0.4 is 10.1 Å². The smallest absolute Gasteiger partial charge is 0.270 e. The molecule has 7 heteroatoms. The Labute approximate surface area is 223 Å². The van der Waals surface area contributed by atoms with Gasteiger partial charge in [0.25, 0.3) is 5.91 Å². The first-order chi connectivity index (χ1) is 18.0. The first kappa shape index (κ1) is 25.5. The van der Waals surface area contributed by atoms with E-state index in [1.807, 2.05) is 13.0 Å². The highest BCUT2D eigenvalue weighted by Crippen LogP contribution is 2.40. The van der Waals surface area contributed by atoms with Gasteiger partial charge >= 0.3 is 0 Å².